The van der Waals surface area contributed by atoms with Crippen molar-refractivity contribution in [1.82, 2.24) is 9.97 Å². The first-order valence-electron chi connectivity index (χ1n) is 7.61. The predicted molar refractivity (Wildman–Crippen MR) is 79.6 cm³/mol. The fourth-order valence-corrected chi connectivity index (χ4v) is 1.81. The van der Waals surface area contributed by atoms with Crippen LogP contribution in [0.15, 0.2) is 24.8 Å². The molecule has 0 spiro atoms. The minimum absolute atomic E-state index is 1.37. The molecule has 0 aliphatic rings. The van der Waals surface area contributed by atoms with Crippen molar-refractivity contribution in [2.45, 2.75) is 78.1 Å². The highest BCUT2D eigenvalue weighted by Gasteiger charge is 1.90. The van der Waals surface area contributed by atoms with Gasteiger partial charge in [-0.2, -0.15) is 0 Å². The molecule has 0 aliphatic heterocycles. The molecule has 0 aliphatic carbocycles. The van der Waals surface area contributed by atoms with Crippen molar-refractivity contribution in [2.75, 3.05) is 0 Å². The van der Waals surface area contributed by atoms with Crippen LogP contribution in [0, 0.1) is 0 Å². The van der Waals surface area contributed by atoms with Crippen molar-refractivity contribution >= 4 is 0 Å². The fourth-order valence-electron chi connectivity index (χ4n) is 1.81. The maximum Gasteiger partial charge on any atom is 0.0451 e. The number of rotatable bonds is 9. The van der Waals surface area contributed by atoms with E-state index in [-0.39, 0.29) is 0 Å². The van der Waals surface area contributed by atoms with Gasteiger partial charge in [0, 0.05) is 24.8 Å². The Balaban J connectivity index is 0.000000397. The average Bonchev–Trinajstić information content (AvgIpc) is 2.44. The molecule has 0 unspecified atom stereocenters. The Labute approximate surface area is 113 Å². The monoisotopic (exact) mass is 250 g/mol. The highest BCUT2D eigenvalue weighted by Crippen LogP contribution is 2.09. The van der Waals surface area contributed by atoms with E-state index in [9.17, 15) is 0 Å². The van der Waals surface area contributed by atoms with Crippen molar-refractivity contribution in [3.63, 3.8) is 0 Å². The average molecular weight is 250 g/mol. The van der Waals surface area contributed by atoms with Gasteiger partial charge in [-0.1, -0.05) is 78.1 Å². The van der Waals surface area contributed by atoms with Crippen LogP contribution < -0.4 is 0 Å². The van der Waals surface area contributed by atoms with E-state index < -0.39 is 0 Å². The summed E-state index contributed by atoms with van der Waals surface area (Å²) in [6.45, 7) is 4.56. The first kappa shape index (κ1) is 17.1. The Morgan fingerprint density at radius 1 is 0.500 bits per heavy atom. The summed E-state index contributed by atoms with van der Waals surface area (Å²) in [5, 5.41) is 0. The van der Waals surface area contributed by atoms with Gasteiger partial charge in [-0.25, -0.2) is 0 Å². The molecule has 1 heterocycles. The van der Waals surface area contributed by atoms with Crippen LogP contribution in [0.25, 0.3) is 0 Å². The van der Waals surface area contributed by atoms with Gasteiger partial charge >= 0.3 is 0 Å². The molecule has 0 bridgehead atoms. The van der Waals surface area contributed by atoms with Gasteiger partial charge in [0.05, 0.1) is 0 Å². The Bertz CT molecular complexity index is 187. The molecule has 104 valence electrons. The zero-order valence-electron chi connectivity index (χ0n) is 12.3. The van der Waals surface area contributed by atoms with Crippen molar-refractivity contribution in [2.24, 2.45) is 0 Å². The Kier molecular flexibility index (Phi) is 15.3. The lowest BCUT2D eigenvalue weighted by Crippen LogP contribution is -1.80. The molecule has 2 heteroatoms. The smallest absolute Gasteiger partial charge is 0.0451 e. The van der Waals surface area contributed by atoms with E-state index in [0.717, 1.165) is 0 Å². The highest BCUT2D eigenvalue weighted by molar-refractivity contribution is 4.70. The van der Waals surface area contributed by atoms with Crippen LogP contribution in [-0.4, -0.2) is 9.97 Å². The van der Waals surface area contributed by atoms with Crippen molar-refractivity contribution in [1.29, 1.82) is 0 Å². The van der Waals surface area contributed by atoms with Crippen LogP contribution in [0.3, 0.4) is 0 Å². The number of unbranched alkanes of at least 4 members (excludes halogenated alkanes) is 9. The Morgan fingerprint density at radius 2 is 0.778 bits per heavy atom. The van der Waals surface area contributed by atoms with Crippen LogP contribution in [0.5, 0.6) is 0 Å². The summed E-state index contributed by atoms with van der Waals surface area (Å²) in [4.78, 5) is 7.44. The molecule has 0 amide bonds. The Morgan fingerprint density at radius 3 is 1.00 bits per heavy atom. The summed E-state index contributed by atoms with van der Waals surface area (Å²) in [5.74, 6) is 0. The van der Waals surface area contributed by atoms with Crippen LogP contribution >= 0.6 is 0 Å². The maximum absolute atomic E-state index is 3.72. The number of aromatic nitrogens is 2. The molecule has 1 aromatic heterocycles. The van der Waals surface area contributed by atoms with Gasteiger partial charge in [0.2, 0.25) is 0 Å². The molecule has 0 saturated heterocycles. The first-order valence-corrected chi connectivity index (χ1v) is 7.61. The minimum Gasteiger partial charge on any atom is -0.262 e. The zero-order chi connectivity index (χ0) is 13.3. The van der Waals surface area contributed by atoms with E-state index >= 15 is 0 Å². The molecule has 1 rings (SSSR count). The largest absolute Gasteiger partial charge is 0.262 e. The van der Waals surface area contributed by atoms with Crippen LogP contribution in [0.1, 0.15) is 78.1 Å². The van der Waals surface area contributed by atoms with Crippen molar-refractivity contribution < 1.29 is 0 Å². The molecule has 2 nitrogen and oxygen atoms in total. The van der Waals surface area contributed by atoms with Gasteiger partial charge in [-0.15, -0.1) is 0 Å². The first-order chi connectivity index (χ1) is 8.91. The van der Waals surface area contributed by atoms with Gasteiger partial charge in [-0.05, 0) is 0 Å². The van der Waals surface area contributed by atoms with Crippen LogP contribution in [0.2, 0.25) is 0 Å². The molecule has 0 N–H and O–H groups in total. The minimum atomic E-state index is 1.37. The van der Waals surface area contributed by atoms with Crippen LogP contribution in [0.4, 0.5) is 0 Å². The predicted octanol–water partition coefficient (Wildman–Crippen LogP) is 5.40. The maximum atomic E-state index is 3.72. The third-order valence-electron chi connectivity index (χ3n) is 2.93. The molecular weight excluding hydrogens is 220 g/mol. The topological polar surface area (TPSA) is 25.8 Å². The number of nitrogens with zero attached hydrogens (tertiary/aromatic N) is 2. The van der Waals surface area contributed by atoms with E-state index in [1.807, 2.05) is 0 Å². The van der Waals surface area contributed by atoms with Crippen molar-refractivity contribution in [3.8, 4) is 0 Å². The second kappa shape index (κ2) is 16.1. The van der Waals surface area contributed by atoms with Gasteiger partial charge < -0.3 is 0 Å². The molecule has 1 aromatic rings. The second-order valence-electron chi connectivity index (χ2n) is 4.72. The van der Waals surface area contributed by atoms with Crippen molar-refractivity contribution in [3.05, 3.63) is 24.8 Å². The lowest BCUT2D eigenvalue weighted by atomic mass is 10.1. The standard InChI is InChI=1S/C12H26.C4H4N2/c1-3-5-7-9-11-12-10-8-6-4-2;1-2-6-4-3-5-1/h3-12H2,1-2H3;1-4H. The quantitative estimate of drug-likeness (QED) is 0.548. The Hall–Kier alpha value is -0.920. The molecule has 0 atom stereocenters. The highest BCUT2D eigenvalue weighted by atomic mass is 14.7. The zero-order valence-corrected chi connectivity index (χ0v) is 12.3. The van der Waals surface area contributed by atoms with Crippen LogP contribution in [-0.2, 0) is 0 Å². The molecule has 0 saturated carbocycles. The summed E-state index contributed by atoms with van der Waals surface area (Å²) in [6, 6.07) is 0. The third kappa shape index (κ3) is 15.1. The fraction of sp³-hybridized carbons (Fsp3) is 0.750. The summed E-state index contributed by atoms with van der Waals surface area (Å²) in [6.07, 6.45) is 21.0. The second-order valence-corrected chi connectivity index (χ2v) is 4.72. The molecule has 18 heavy (non-hydrogen) atoms. The van der Waals surface area contributed by atoms with E-state index in [4.69, 9.17) is 0 Å². The van der Waals surface area contributed by atoms with E-state index in [1.165, 1.54) is 64.2 Å². The lowest BCUT2D eigenvalue weighted by Gasteiger charge is -1.99. The van der Waals surface area contributed by atoms with E-state index in [1.54, 1.807) is 24.8 Å². The third-order valence-corrected chi connectivity index (χ3v) is 2.93. The molecule has 0 radical (unpaired) electrons. The van der Waals surface area contributed by atoms with Gasteiger partial charge in [0.1, 0.15) is 0 Å². The van der Waals surface area contributed by atoms with E-state index in [2.05, 4.69) is 23.8 Å². The SMILES string of the molecule is CCCCCCCCCCCC.c1cnccn1. The summed E-state index contributed by atoms with van der Waals surface area (Å²) in [5.41, 5.74) is 0. The lowest BCUT2D eigenvalue weighted by molar-refractivity contribution is 0.562. The van der Waals surface area contributed by atoms with Gasteiger partial charge in [0.15, 0.2) is 0 Å². The van der Waals surface area contributed by atoms with Gasteiger partial charge in [0.25, 0.3) is 0 Å². The normalized spacial score (nSPS) is 9.67. The number of hydrogen-bond acceptors (Lipinski definition) is 2. The molecule has 0 aromatic carbocycles. The summed E-state index contributed by atoms with van der Waals surface area (Å²) in [7, 11) is 0. The van der Waals surface area contributed by atoms with E-state index in [0.29, 0.717) is 0 Å². The summed E-state index contributed by atoms with van der Waals surface area (Å²) < 4.78 is 0. The van der Waals surface area contributed by atoms with Gasteiger partial charge in [-0.3, -0.25) is 9.97 Å². The molecular formula is C16H30N2. The summed E-state index contributed by atoms with van der Waals surface area (Å²) >= 11 is 0. The molecule has 0 fully saturated rings. The number of hydrogen-bond donors (Lipinski definition) is 0.